The van der Waals surface area contributed by atoms with Crippen LogP contribution in [0, 0.1) is 18.6 Å². The SMILES string of the molecule is CCS(=O)(=O)Cc1cnc(Oc2ccc(F)cc2F)c(-c2cc(C)c3c(=O)[nH]ncn23)c1. The molecule has 1 aromatic carbocycles. The Labute approximate surface area is 181 Å². The van der Waals surface area contributed by atoms with Gasteiger partial charge in [0, 0.05) is 18.0 Å². The summed E-state index contributed by atoms with van der Waals surface area (Å²) in [4.78, 5) is 16.4. The molecule has 0 radical (unpaired) electrons. The standard InChI is InChI=1S/C21H18F2N4O4S/c1-3-32(29,30)10-13-7-15(17-6-12(2)19-20(28)26-25-11-27(17)19)21(24-9-13)31-18-5-4-14(22)8-16(18)23/h4-9,11H,3,10H2,1-2H3,(H,26,28). The van der Waals surface area contributed by atoms with Crippen LogP contribution in [-0.2, 0) is 15.6 Å². The molecule has 3 heterocycles. The number of pyridine rings is 1. The zero-order chi connectivity index (χ0) is 23.0. The molecule has 3 aromatic heterocycles. The van der Waals surface area contributed by atoms with Gasteiger partial charge in [-0.05, 0) is 42.3 Å². The quantitative estimate of drug-likeness (QED) is 0.473. The highest BCUT2D eigenvalue weighted by Crippen LogP contribution is 2.35. The number of hydrogen-bond acceptors (Lipinski definition) is 6. The van der Waals surface area contributed by atoms with Crippen molar-refractivity contribution < 1.29 is 21.9 Å². The zero-order valence-electron chi connectivity index (χ0n) is 17.1. The van der Waals surface area contributed by atoms with E-state index in [9.17, 15) is 22.0 Å². The molecule has 1 N–H and O–H groups in total. The average Bonchev–Trinajstić information content (AvgIpc) is 3.08. The Bertz CT molecular complexity index is 1500. The first-order chi connectivity index (χ1) is 15.2. The second kappa shape index (κ2) is 8.15. The number of halogens is 2. The van der Waals surface area contributed by atoms with Gasteiger partial charge in [0.25, 0.3) is 5.56 Å². The van der Waals surface area contributed by atoms with Crippen LogP contribution < -0.4 is 10.3 Å². The summed E-state index contributed by atoms with van der Waals surface area (Å²) >= 11 is 0. The molecule has 4 aromatic rings. The van der Waals surface area contributed by atoms with E-state index in [1.165, 1.54) is 16.9 Å². The molecule has 0 aliphatic carbocycles. The van der Waals surface area contributed by atoms with E-state index >= 15 is 0 Å². The Morgan fingerprint density at radius 3 is 2.69 bits per heavy atom. The van der Waals surface area contributed by atoms with Crippen molar-refractivity contribution in [3.8, 4) is 22.9 Å². The van der Waals surface area contributed by atoms with Crippen LogP contribution in [0.4, 0.5) is 8.78 Å². The molecule has 8 nitrogen and oxygen atoms in total. The molecule has 0 spiro atoms. The zero-order valence-corrected chi connectivity index (χ0v) is 17.9. The van der Waals surface area contributed by atoms with Gasteiger partial charge < -0.3 is 4.74 Å². The highest BCUT2D eigenvalue weighted by atomic mass is 32.2. The van der Waals surface area contributed by atoms with Crippen molar-refractivity contribution in [3.63, 3.8) is 0 Å². The fourth-order valence-corrected chi connectivity index (χ4v) is 4.19. The predicted molar refractivity (Wildman–Crippen MR) is 113 cm³/mol. The van der Waals surface area contributed by atoms with Gasteiger partial charge in [0.05, 0.1) is 17.0 Å². The number of H-pyrrole nitrogens is 1. The number of benzene rings is 1. The van der Waals surface area contributed by atoms with Gasteiger partial charge in [-0.3, -0.25) is 9.20 Å². The first-order valence-corrected chi connectivity index (χ1v) is 11.4. The highest BCUT2D eigenvalue weighted by Gasteiger charge is 2.20. The van der Waals surface area contributed by atoms with E-state index < -0.39 is 27.0 Å². The van der Waals surface area contributed by atoms with E-state index in [4.69, 9.17) is 4.74 Å². The summed E-state index contributed by atoms with van der Waals surface area (Å²) in [6.07, 6.45) is 2.71. The third-order valence-corrected chi connectivity index (χ3v) is 6.55. The summed E-state index contributed by atoms with van der Waals surface area (Å²) in [6, 6.07) is 6.09. The Morgan fingerprint density at radius 2 is 1.97 bits per heavy atom. The number of nitrogens with one attached hydrogen (secondary N) is 1. The van der Waals surface area contributed by atoms with Gasteiger partial charge in [-0.15, -0.1) is 0 Å². The minimum absolute atomic E-state index is 0.0478. The van der Waals surface area contributed by atoms with Gasteiger partial charge in [-0.2, -0.15) is 5.10 Å². The molecule has 166 valence electrons. The number of aromatic nitrogens is 4. The monoisotopic (exact) mass is 460 g/mol. The topological polar surface area (TPSA) is 106 Å². The van der Waals surface area contributed by atoms with E-state index in [-0.39, 0.29) is 23.1 Å². The third-order valence-electron chi connectivity index (χ3n) is 4.89. The first-order valence-electron chi connectivity index (χ1n) is 9.56. The molecule has 0 bridgehead atoms. The van der Waals surface area contributed by atoms with Gasteiger partial charge >= 0.3 is 0 Å². The molecule has 0 saturated carbocycles. The van der Waals surface area contributed by atoms with Gasteiger partial charge in [0.1, 0.15) is 17.7 Å². The van der Waals surface area contributed by atoms with Crippen LogP contribution in [0.2, 0.25) is 0 Å². The van der Waals surface area contributed by atoms with Crippen molar-refractivity contribution >= 4 is 15.4 Å². The largest absolute Gasteiger partial charge is 0.435 e. The molecule has 4 rings (SSSR count). The van der Waals surface area contributed by atoms with Crippen LogP contribution in [0.25, 0.3) is 16.8 Å². The number of hydrogen-bond donors (Lipinski definition) is 1. The molecular weight excluding hydrogens is 442 g/mol. The van der Waals surface area contributed by atoms with E-state index in [1.54, 1.807) is 26.0 Å². The number of rotatable bonds is 6. The third kappa shape index (κ3) is 4.11. The molecular formula is C21H18F2N4O4S. The molecule has 0 aliphatic rings. The van der Waals surface area contributed by atoms with Crippen molar-refractivity contribution in [3.05, 3.63) is 76.0 Å². The molecule has 0 atom stereocenters. The summed E-state index contributed by atoms with van der Waals surface area (Å²) in [5, 5.41) is 6.17. The van der Waals surface area contributed by atoms with Gasteiger partial charge in [0.15, 0.2) is 21.4 Å². The minimum atomic E-state index is -3.36. The Morgan fingerprint density at radius 1 is 1.19 bits per heavy atom. The van der Waals surface area contributed by atoms with Crippen molar-refractivity contribution in [2.24, 2.45) is 0 Å². The summed E-state index contributed by atoms with van der Waals surface area (Å²) in [5.74, 6) is -2.30. The Hall–Kier alpha value is -3.60. The predicted octanol–water partition coefficient (Wildman–Crippen LogP) is 3.40. The second-order valence-electron chi connectivity index (χ2n) is 7.17. The van der Waals surface area contributed by atoms with Crippen molar-refractivity contribution in [2.75, 3.05) is 5.75 Å². The maximum absolute atomic E-state index is 14.2. The van der Waals surface area contributed by atoms with E-state index in [1.807, 2.05) is 0 Å². The Balaban J connectivity index is 1.91. The number of ether oxygens (including phenoxy) is 1. The van der Waals surface area contributed by atoms with Crippen LogP contribution in [-0.4, -0.2) is 33.8 Å². The summed E-state index contributed by atoms with van der Waals surface area (Å²) in [5.41, 5.74) is 1.69. The van der Waals surface area contributed by atoms with Gasteiger partial charge in [-0.25, -0.2) is 27.3 Å². The second-order valence-corrected chi connectivity index (χ2v) is 9.52. The van der Waals surface area contributed by atoms with Crippen LogP contribution in [0.15, 0.2) is 47.7 Å². The normalized spacial score (nSPS) is 11.8. The van der Waals surface area contributed by atoms with Crippen LogP contribution in [0.5, 0.6) is 11.6 Å². The molecule has 0 fully saturated rings. The maximum atomic E-state index is 14.2. The lowest BCUT2D eigenvalue weighted by molar-refractivity contribution is 0.425. The smallest absolute Gasteiger partial charge is 0.288 e. The van der Waals surface area contributed by atoms with Crippen molar-refractivity contribution in [2.45, 2.75) is 19.6 Å². The maximum Gasteiger partial charge on any atom is 0.288 e. The van der Waals surface area contributed by atoms with Crippen molar-refractivity contribution in [1.82, 2.24) is 19.6 Å². The molecule has 0 unspecified atom stereocenters. The number of fused-ring (bicyclic) bond motifs is 1. The number of sulfone groups is 1. The summed E-state index contributed by atoms with van der Waals surface area (Å²) in [6.45, 7) is 3.27. The Kier molecular flexibility index (Phi) is 5.51. The summed E-state index contributed by atoms with van der Waals surface area (Å²) < 4.78 is 58.9. The molecule has 32 heavy (non-hydrogen) atoms. The van der Waals surface area contributed by atoms with Crippen LogP contribution in [0.3, 0.4) is 0 Å². The molecule has 0 aliphatic heterocycles. The van der Waals surface area contributed by atoms with Crippen LogP contribution in [0.1, 0.15) is 18.1 Å². The molecule has 11 heteroatoms. The van der Waals surface area contributed by atoms with E-state index in [0.29, 0.717) is 34.0 Å². The number of aromatic amines is 1. The fourth-order valence-electron chi connectivity index (χ4n) is 3.32. The highest BCUT2D eigenvalue weighted by molar-refractivity contribution is 7.90. The van der Waals surface area contributed by atoms with E-state index in [0.717, 1.165) is 12.1 Å². The number of nitrogens with zero attached hydrogens (tertiary/aromatic N) is 3. The van der Waals surface area contributed by atoms with E-state index in [2.05, 4.69) is 15.2 Å². The fraction of sp³-hybridized carbons (Fsp3) is 0.190. The lowest BCUT2D eigenvalue weighted by Crippen LogP contribution is -2.12. The summed E-state index contributed by atoms with van der Waals surface area (Å²) in [7, 11) is -3.36. The average molecular weight is 460 g/mol. The number of aryl methyl sites for hydroxylation is 1. The van der Waals surface area contributed by atoms with Crippen LogP contribution >= 0.6 is 0 Å². The van der Waals surface area contributed by atoms with Gasteiger partial charge in [0.2, 0.25) is 5.88 Å². The first kappa shape index (κ1) is 21.6. The lowest BCUT2D eigenvalue weighted by Gasteiger charge is -2.13. The molecule has 0 amide bonds. The minimum Gasteiger partial charge on any atom is -0.435 e. The van der Waals surface area contributed by atoms with Crippen molar-refractivity contribution in [1.29, 1.82) is 0 Å². The van der Waals surface area contributed by atoms with Gasteiger partial charge in [-0.1, -0.05) is 6.92 Å². The lowest BCUT2D eigenvalue weighted by atomic mass is 10.1. The molecule has 0 saturated heterocycles.